The largest absolute Gasteiger partial charge is 0.417 e. The number of rotatable bonds is 6. The van der Waals surface area contributed by atoms with Crippen LogP contribution < -0.4 is 10.9 Å². The molecule has 11 heteroatoms. The lowest BCUT2D eigenvalue weighted by atomic mass is 10.1. The van der Waals surface area contributed by atoms with Gasteiger partial charge in [0.25, 0.3) is 5.56 Å². The van der Waals surface area contributed by atoms with Gasteiger partial charge in [0.1, 0.15) is 11.6 Å². The molecule has 0 fully saturated rings. The Morgan fingerprint density at radius 1 is 1.19 bits per heavy atom. The normalized spacial score (nSPS) is 11.4. The maximum absolute atomic E-state index is 15.2. The maximum atomic E-state index is 15.2. The van der Waals surface area contributed by atoms with Gasteiger partial charge in [-0.05, 0) is 24.6 Å². The standard InChI is InChI=1S/C21H17ClF4N4O2/c1-2-3-16(31)28-9-11-4-6-13(22)18(19(11)23)20-29-15(8-17(32)30-20)14-7-5-12(10-27-14)21(24,25)26/h4-8,10H,2-3,9H2,1H3,(H,28,31)(H,29,30,32). The van der Waals surface area contributed by atoms with Crippen molar-refractivity contribution in [2.24, 2.45) is 0 Å². The molecule has 0 saturated heterocycles. The van der Waals surface area contributed by atoms with Crippen molar-refractivity contribution in [1.29, 1.82) is 0 Å². The zero-order valence-electron chi connectivity index (χ0n) is 16.7. The Balaban J connectivity index is 2.00. The molecule has 0 atom stereocenters. The van der Waals surface area contributed by atoms with Crippen molar-refractivity contribution in [2.45, 2.75) is 32.5 Å². The summed E-state index contributed by atoms with van der Waals surface area (Å²) in [5.74, 6) is -1.27. The molecule has 3 aromatic rings. The third kappa shape index (κ3) is 5.31. The van der Waals surface area contributed by atoms with Crippen LogP contribution in [0.1, 0.15) is 30.9 Å². The highest BCUT2D eigenvalue weighted by Gasteiger charge is 2.30. The highest BCUT2D eigenvalue weighted by Crippen LogP contribution is 2.32. The number of nitrogens with one attached hydrogen (secondary N) is 2. The van der Waals surface area contributed by atoms with Gasteiger partial charge in [0, 0.05) is 30.8 Å². The highest BCUT2D eigenvalue weighted by atomic mass is 35.5. The third-order valence-electron chi connectivity index (χ3n) is 4.46. The molecule has 168 valence electrons. The van der Waals surface area contributed by atoms with Gasteiger partial charge in [0.15, 0.2) is 0 Å². The number of halogens is 5. The number of benzene rings is 1. The predicted molar refractivity (Wildman–Crippen MR) is 110 cm³/mol. The Kier molecular flexibility index (Phi) is 6.93. The van der Waals surface area contributed by atoms with Crippen LogP contribution in [0, 0.1) is 5.82 Å². The van der Waals surface area contributed by atoms with Gasteiger partial charge < -0.3 is 10.3 Å². The molecule has 2 N–H and O–H groups in total. The summed E-state index contributed by atoms with van der Waals surface area (Å²) in [5, 5.41) is 2.54. The molecule has 1 amide bonds. The summed E-state index contributed by atoms with van der Waals surface area (Å²) in [4.78, 5) is 34.1. The molecular weight excluding hydrogens is 452 g/mol. The Labute approximate surface area is 184 Å². The number of hydrogen-bond acceptors (Lipinski definition) is 4. The van der Waals surface area contributed by atoms with E-state index in [1.807, 2.05) is 6.92 Å². The minimum absolute atomic E-state index is 0.00939. The molecule has 6 nitrogen and oxygen atoms in total. The maximum Gasteiger partial charge on any atom is 0.417 e. The van der Waals surface area contributed by atoms with E-state index in [2.05, 4.69) is 20.3 Å². The first kappa shape index (κ1) is 23.4. The minimum atomic E-state index is -4.57. The van der Waals surface area contributed by atoms with Gasteiger partial charge in [0.2, 0.25) is 5.91 Å². The van der Waals surface area contributed by atoms with Crippen LogP contribution in [0.3, 0.4) is 0 Å². The number of carbonyl (C=O) groups excluding carboxylic acids is 1. The first-order valence-corrected chi connectivity index (χ1v) is 9.87. The molecule has 0 aliphatic carbocycles. The van der Waals surface area contributed by atoms with E-state index in [1.54, 1.807) is 0 Å². The molecule has 3 rings (SSSR count). The highest BCUT2D eigenvalue weighted by molar-refractivity contribution is 6.33. The zero-order chi connectivity index (χ0) is 23.5. The van der Waals surface area contributed by atoms with Crippen molar-refractivity contribution in [3.05, 3.63) is 68.8 Å². The van der Waals surface area contributed by atoms with Crippen LogP contribution in [-0.4, -0.2) is 20.9 Å². The topological polar surface area (TPSA) is 87.7 Å². The van der Waals surface area contributed by atoms with Gasteiger partial charge in [-0.2, -0.15) is 13.2 Å². The molecule has 0 aliphatic heterocycles. The first-order chi connectivity index (χ1) is 15.1. The average molecular weight is 469 g/mol. The molecule has 0 bridgehead atoms. The fourth-order valence-corrected chi connectivity index (χ4v) is 3.11. The fraction of sp³-hybridized carbons (Fsp3) is 0.238. The summed E-state index contributed by atoms with van der Waals surface area (Å²) in [6.45, 7) is 1.74. The van der Waals surface area contributed by atoms with Crippen molar-refractivity contribution in [1.82, 2.24) is 20.3 Å². The van der Waals surface area contributed by atoms with Gasteiger partial charge in [-0.3, -0.25) is 14.6 Å². The fourth-order valence-electron chi connectivity index (χ4n) is 2.88. The summed E-state index contributed by atoms with van der Waals surface area (Å²) in [6, 6.07) is 5.68. The monoisotopic (exact) mass is 468 g/mol. The van der Waals surface area contributed by atoms with E-state index in [9.17, 15) is 22.8 Å². The van der Waals surface area contributed by atoms with Gasteiger partial charge in [0.05, 0.1) is 27.5 Å². The quantitative estimate of drug-likeness (QED) is 0.512. The van der Waals surface area contributed by atoms with Crippen LogP contribution in [0.4, 0.5) is 17.6 Å². The Hall–Kier alpha value is -3.27. The Morgan fingerprint density at radius 2 is 1.94 bits per heavy atom. The van der Waals surface area contributed by atoms with Crippen LogP contribution in [0.15, 0.2) is 41.3 Å². The molecule has 2 heterocycles. The number of pyridine rings is 1. The van der Waals surface area contributed by atoms with Crippen LogP contribution in [0.5, 0.6) is 0 Å². The van der Waals surface area contributed by atoms with E-state index >= 15 is 4.39 Å². The number of amides is 1. The summed E-state index contributed by atoms with van der Waals surface area (Å²) in [5.41, 5.74) is -1.80. The smallest absolute Gasteiger partial charge is 0.352 e. The van der Waals surface area contributed by atoms with E-state index < -0.39 is 23.1 Å². The lowest BCUT2D eigenvalue weighted by Crippen LogP contribution is -2.23. The van der Waals surface area contributed by atoms with Crippen LogP contribution in [0.2, 0.25) is 5.02 Å². The number of H-pyrrole nitrogens is 1. The lowest BCUT2D eigenvalue weighted by Gasteiger charge is -2.12. The van der Waals surface area contributed by atoms with E-state index in [1.165, 1.54) is 12.1 Å². The average Bonchev–Trinajstić information content (AvgIpc) is 2.72. The number of aromatic amines is 1. The SMILES string of the molecule is CCCC(=O)NCc1ccc(Cl)c(-c2nc(-c3ccc(C(F)(F)F)cn3)cc(=O)[nH]2)c1F. The van der Waals surface area contributed by atoms with Crippen LogP contribution in [-0.2, 0) is 17.5 Å². The van der Waals surface area contributed by atoms with Gasteiger partial charge >= 0.3 is 6.18 Å². The molecule has 0 radical (unpaired) electrons. The summed E-state index contributed by atoms with van der Waals surface area (Å²) >= 11 is 6.14. The molecule has 0 unspecified atom stereocenters. The van der Waals surface area contributed by atoms with Crippen LogP contribution in [0.25, 0.3) is 22.8 Å². The zero-order valence-corrected chi connectivity index (χ0v) is 17.4. The van der Waals surface area contributed by atoms with E-state index in [-0.39, 0.29) is 45.8 Å². The molecule has 0 spiro atoms. The van der Waals surface area contributed by atoms with Crippen molar-refractivity contribution in [3.63, 3.8) is 0 Å². The van der Waals surface area contributed by atoms with Crippen molar-refractivity contribution < 1.29 is 22.4 Å². The number of hydrogen-bond donors (Lipinski definition) is 2. The second-order valence-corrected chi connectivity index (χ2v) is 7.24. The van der Waals surface area contributed by atoms with Crippen molar-refractivity contribution in [2.75, 3.05) is 0 Å². The van der Waals surface area contributed by atoms with Crippen molar-refractivity contribution in [3.8, 4) is 22.8 Å². The molecule has 2 aromatic heterocycles. The molecule has 1 aromatic carbocycles. The third-order valence-corrected chi connectivity index (χ3v) is 4.77. The molecular formula is C21H17ClF4N4O2. The Bertz CT molecular complexity index is 1190. The van der Waals surface area contributed by atoms with Gasteiger partial charge in [-0.25, -0.2) is 9.37 Å². The summed E-state index contributed by atoms with van der Waals surface area (Å²) < 4.78 is 53.4. The predicted octanol–water partition coefficient (Wildman–Crippen LogP) is 4.73. The number of carbonyl (C=O) groups is 1. The minimum Gasteiger partial charge on any atom is -0.352 e. The molecule has 0 saturated carbocycles. The number of alkyl halides is 3. The summed E-state index contributed by atoms with van der Waals surface area (Å²) in [6.07, 6.45) is -3.03. The van der Waals surface area contributed by atoms with Gasteiger partial charge in [-0.1, -0.05) is 24.6 Å². The number of nitrogens with zero attached hydrogens (tertiary/aromatic N) is 2. The van der Waals surface area contributed by atoms with E-state index in [4.69, 9.17) is 11.6 Å². The summed E-state index contributed by atoms with van der Waals surface area (Å²) in [7, 11) is 0. The molecule has 0 aliphatic rings. The lowest BCUT2D eigenvalue weighted by molar-refractivity contribution is -0.137. The second-order valence-electron chi connectivity index (χ2n) is 6.83. The first-order valence-electron chi connectivity index (χ1n) is 9.49. The second kappa shape index (κ2) is 9.47. The Morgan fingerprint density at radius 3 is 2.56 bits per heavy atom. The molecule has 32 heavy (non-hydrogen) atoms. The van der Waals surface area contributed by atoms with E-state index in [0.29, 0.717) is 19.0 Å². The van der Waals surface area contributed by atoms with Gasteiger partial charge in [-0.15, -0.1) is 0 Å². The van der Waals surface area contributed by atoms with Crippen molar-refractivity contribution >= 4 is 17.5 Å². The number of aromatic nitrogens is 3. The van der Waals surface area contributed by atoms with E-state index in [0.717, 1.165) is 18.2 Å². The van der Waals surface area contributed by atoms with Crippen LogP contribution >= 0.6 is 11.6 Å².